The van der Waals surface area contributed by atoms with E-state index in [-0.39, 0.29) is 6.04 Å². The Bertz CT molecular complexity index is 399. The van der Waals surface area contributed by atoms with Crippen LogP contribution in [0.2, 0.25) is 0 Å². The molecule has 0 aromatic heterocycles. The van der Waals surface area contributed by atoms with Crippen LogP contribution in [0.4, 0.5) is 0 Å². The molecule has 112 valence electrons. The maximum Gasteiger partial charge on any atom is 0.0309 e. The van der Waals surface area contributed by atoms with Gasteiger partial charge in [0, 0.05) is 19.1 Å². The summed E-state index contributed by atoms with van der Waals surface area (Å²) in [5.74, 6) is 0. The van der Waals surface area contributed by atoms with Crippen molar-refractivity contribution in [1.29, 1.82) is 0 Å². The Labute approximate surface area is 123 Å². The third-order valence-electron chi connectivity index (χ3n) is 4.41. The lowest BCUT2D eigenvalue weighted by atomic mass is 9.99. The van der Waals surface area contributed by atoms with Gasteiger partial charge in [-0.25, -0.2) is 0 Å². The molecule has 20 heavy (non-hydrogen) atoms. The number of nitrogens with two attached hydrogens (primary N) is 1. The van der Waals surface area contributed by atoms with E-state index in [1.807, 2.05) is 0 Å². The zero-order chi connectivity index (χ0) is 14.4. The molecule has 2 rings (SSSR count). The number of likely N-dealkylation sites (tertiary alicyclic amines) is 1. The Morgan fingerprint density at radius 2 is 1.90 bits per heavy atom. The van der Waals surface area contributed by atoms with E-state index in [9.17, 15) is 0 Å². The molecule has 2 N–H and O–H groups in total. The summed E-state index contributed by atoms with van der Waals surface area (Å²) in [6, 6.07) is 8.62. The van der Waals surface area contributed by atoms with E-state index in [4.69, 9.17) is 5.73 Å². The quantitative estimate of drug-likeness (QED) is 0.829. The summed E-state index contributed by atoms with van der Waals surface area (Å²) in [5.41, 5.74) is 8.92. The van der Waals surface area contributed by atoms with Gasteiger partial charge in [0.05, 0.1) is 0 Å². The van der Waals surface area contributed by atoms with Gasteiger partial charge in [-0.1, -0.05) is 24.3 Å². The molecule has 1 atom stereocenters. The molecule has 3 heteroatoms. The summed E-state index contributed by atoms with van der Waals surface area (Å²) in [6.07, 6.45) is 3.78. The van der Waals surface area contributed by atoms with Crippen molar-refractivity contribution in [3.05, 3.63) is 35.4 Å². The first-order valence-corrected chi connectivity index (χ1v) is 7.89. The Morgan fingerprint density at radius 3 is 2.60 bits per heavy atom. The molecule has 1 saturated heterocycles. The SMILES string of the molecule is Cc1ccccc1C(N)CCN(C)CCN1CCCC1. The Kier molecular flexibility index (Phi) is 6.02. The minimum absolute atomic E-state index is 0.158. The molecule has 1 unspecified atom stereocenters. The highest BCUT2D eigenvalue weighted by Gasteiger charge is 2.13. The van der Waals surface area contributed by atoms with Gasteiger partial charge >= 0.3 is 0 Å². The molecule has 0 bridgehead atoms. The largest absolute Gasteiger partial charge is 0.324 e. The molecule has 0 saturated carbocycles. The average Bonchev–Trinajstić information content (AvgIpc) is 2.96. The molecule has 1 heterocycles. The third kappa shape index (κ3) is 4.58. The van der Waals surface area contributed by atoms with Crippen LogP contribution in [0.25, 0.3) is 0 Å². The van der Waals surface area contributed by atoms with E-state index in [0.29, 0.717) is 0 Å². The van der Waals surface area contributed by atoms with Gasteiger partial charge in [0.25, 0.3) is 0 Å². The topological polar surface area (TPSA) is 32.5 Å². The van der Waals surface area contributed by atoms with Crippen molar-refractivity contribution in [1.82, 2.24) is 9.80 Å². The van der Waals surface area contributed by atoms with Crippen molar-refractivity contribution < 1.29 is 0 Å². The number of likely N-dealkylation sites (N-methyl/N-ethyl adjacent to an activating group) is 1. The predicted octanol–water partition coefficient (Wildman–Crippen LogP) is 2.41. The van der Waals surface area contributed by atoms with Crippen molar-refractivity contribution in [2.75, 3.05) is 39.8 Å². The second kappa shape index (κ2) is 7.77. The van der Waals surface area contributed by atoms with Gasteiger partial charge in [-0.15, -0.1) is 0 Å². The Morgan fingerprint density at radius 1 is 1.20 bits per heavy atom. The Hall–Kier alpha value is -0.900. The van der Waals surface area contributed by atoms with Crippen molar-refractivity contribution in [3.8, 4) is 0 Å². The van der Waals surface area contributed by atoms with E-state index in [1.54, 1.807) is 0 Å². The first kappa shape index (κ1) is 15.5. The molecule has 1 aliphatic heterocycles. The minimum atomic E-state index is 0.158. The lowest BCUT2D eigenvalue weighted by Crippen LogP contribution is -2.33. The zero-order valence-corrected chi connectivity index (χ0v) is 13.0. The molecule has 1 aromatic rings. The average molecular weight is 275 g/mol. The molecule has 3 nitrogen and oxygen atoms in total. The summed E-state index contributed by atoms with van der Waals surface area (Å²) >= 11 is 0. The van der Waals surface area contributed by atoms with Gasteiger partial charge in [-0.2, -0.15) is 0 Å². The fraction of sp³-hybridized carbons (Fsp3) is 0.647. The van der Waals surface area contributed by atoms with Crippen molar-refractivity contribution in [2.24, 2.45) is 5.73 Å². The van der Waals surface area contributed by atoms with Gasteiger partial charge < -0.3 is 15.5 Å². The second-order valence-electron chi connectivity index (χ2n) is 6.10. The lowest BCUT2D eigenvalue weighted by Gasteiger charge is -2.23. The van der Waals surface area contributed by atoms with Gasteiger partial charge in [0.15, 0.2) is 0 Å². The molecule has 0 amide bonds. The number of rotatable bonds is 7. The fourth-order valence-electron chi connectivity index (χ4n) is 2.95. The molecule has 1 aliphatic rings. The monoisotopic (exact) mass is 275 g/mol. The molecule has 0 spiro atoms. The van der Waals surface area contributed by atoms with Crippen LogP contribution in [0, 0.1) is 6.92 Å². The van der Waals surface area contributed by atoms with Crippen LogP contribution < -0.4 is 5.73 Å². The van der Waals surface area contributed by atoms with Crippen molar-refractivity contribution >= 4 is 0 Å². The highest BCUT2D eigenvalue weighted by Crippen LogP contribution is 2.18. The van der Waals surface area contributed by atoms with Crippen molar-refractivity contribution in [2.45, 2.75) is 32.2 Å². The lowest BCUT2D eigenvalue weighted by molar-refractivity contribution is 0.251. The summed E-state index contributed by atoms with van der Waals surface area (Å²) in [4.78, 5) is 4.98. The molecule has 1 fully saturated rings. The van der Waals surface area contributed by atoms with Gasteiger partial charge in [-0.3, -0.25) is 0 Å². The summed E-state index contributed by atoms with van der Waals surface area (Å²) < 4.78 is 0. The summed E-state index contributed by atoms with van der Waals surface area (Å²) in [5, 5.41) is 0. The van der Waals surface area contributed by atoms with Crippen LogP contribution in [0.3, 0.4) is 0 Å². The summed E-state index contributed by atoms with van der Waals surface area (Å²) in [7, 11) is 2.21. The minimum Gasteiger partial charge on any atom is -0.324 e. The maximum absolute atomic E-state index is 6.33. The standard InChI is InChI=1S/C17H29N3/c1-15-7-3-4-8-16(15)17(18)9-12-19(2)13-14-20-10-5-6-11-20/h3-4,7-8,17H,5-6,9-14,18H2,1-2H3. The van der Waals surface area contributed by atoms with Crippen LogP contribution in [0.1, 0.15) is 36.4 Å². The van der Waals surface area contributed by atoms with Crippen LogP contribution in [-0.2, 0) is 0 Å². The molecule has 0 aliphatic carbocycles. The maximum atomic E-state index is 6.33. The first-order chi connectivity index (χ1) is 9.66. The van der Waals surface area contributed by atoms with Crippen LogP contribution in [-0.4, -0.2) is 49.6 Å². The highest BCUT2D eigenvalue weighted by molar-refractivity contribution is 5.28. The number of hydrogen-bond donors (Lipinski definition) is 1. The first-order valence-electron chi connectivity index (χ1n) is 7.89. The smallest absolute Gasteiger partial charge is 0.0309 e. The Balaban J connectivity index is 1.69. The van der Waals surface area contributed by atoms with Crippen LogP contribution in [0.15, 0.2) is 24.3 Å². The van der Waals surface area contributed by atoms with Gasteiger partial charge in [-0.05, 0) is 64.0 Å². The van der Waals surface area contributed by atoms with E-state index in [1.165, 1.54) is 43.6 Å². The number of aryl methyl sites for hydroxylation is 1. The van der Waals surface area contributed by atoms with Gasteiger partial charge in [0.2, 0.25) is 0 Å². The summed E-state index contributed by atoms with van der Waals surface area (Å²) in [6.45, 7) is 8.15. The zero-order valence-electron chi connectivity index (χ0n) is 13.0. The van der Waals surface area contributed by atoms with E-state index in [0.717, 1.165) is 19.5 Å². The van der Waals surface area contributed by atoms with E-state index < -0.39 is 0 Å². The molecular formula is C17H29N3. The normalized spacial score (nSPS) is 17.8. The third-order valence-corrected chi connectivity index (χ3v) is 4.41. The highest BCUT2D eigenvalue weighted by atomic mass is 15.2. The number of hydrogen-bond acceptors (Lipinski definition) is 3. The number of nitrogens with zero attached hydrogens (tertiary/aromatic N) is 2. The van der Waals surface area contributed by atoms with Crippen molar-refractivity contribution in [3.63, 3.8) is 0 Å². The fourth-order valence-corrected chi connectivity index (χ4v) is 2.95. The van der Waals surface area contributed by atoms with Gasteiger partial charge in [0.1, 0.15) is 0 Å². The van der Waals surface area contributed by atoms with Crippen LogP contribution in [0.5, 0.6) is 0 Å². The van der Waals surface area contributed by atoms with Crippen LogP contribution >= 0.6 is 0 Å². The van der Waals surface area contributed by atoms with E-state index >= 15 is 0 Å². The molecular weight excluding hydrogens is 246 g/mol. The molecule has 1 aromatic carbocycles. The second-order valence-corrected chi connectivity index (χ2v) is 6.10. The molecule has 0 radical (unpaired) electrons. The number of benzene rings is 1. The van der Waals surface area contributed by atoms with E-state index in [2.05, 4.69) is 48.0 Å². The predicted molar refractivity (Wildman–Crippen MR) is 85.9 cm³/mol.